The number of rotatable bonds is 4. The first-order valence-corrected chi connectivity index (χ1v) is 16.2. The van der Waals surface area contributed by atoms with Crippen LogP contribution in [-0.2, 0) is 5.41 Å². The van der Waals surface area contributed by atoms with Gasteiger partial charge in [-0.1, -0.05) is 159 Å². The van der Waals surface area contributed by atoms with E-state index in [1.54, 1.807) is 0 Å². The zero-order chi connectivity index (χ0) is 31.5. The van der Waals surface area contributed by atoms with Crippen LogP contribution in [0.15, 0.2) is 152 Å². The van der Waals surface area contributed by atoms with Crippen molar-refractivity contribution in [2.45, 2.75) is 19.3 Å². The number of hydrogen-bond acceptors (Lipinski definition) is 4. The zero-order valence-electron chi connectivity index (χ0n) is 26.3. The highest BCUT2D eigenvalue weighted by atomic mass is 15.2. The topological polar surface area (TPSA) is 41.9 Å². The van der Waals surface area contributed by atoms with Gasteiger partial charge in [-0.25, -0.2) is 15.0 Å². The third-order valence-corrected chi connectivity index (χ3v) is 9.77. The average molecular weight is 603 g/mol. The SMILES string of the molecule is CC1(C)c2ccccc2N2c3cc(-c4nc(-c5ccccc5)nc(-c5ccccc5)n4)ccc3B(c3ccccc3)c3cccc1c32. The Morgan fingerprint density at radius 3 is 1.68 bits per heavy atom. The summed E-state index contributed by atoms with van der Waals surface area (Å²) in [6.07, 6.45) is 0. The van der Waals surface area contributed by atoms with Crippen molar-refractivity contribution in [1.29, 1.82) is 0 Å². The molecule has 2 aliphatic rings. The van der Waals surface area contributed by atoms with Gasteiger partial charge in [0.05, 0.1) is 5.69 Å². The predicted octanol–water partition coefficient (Wildman–Crippen LogP) is 7.81. The number of fused-ring (bicyclic) bond motifs is 4. The molecular formula is C42H31BN4. The lowest BCUT2D eigenvalue weighted by molar-refractivity contribution is 0.632. The van der Waals surface area contributed by atoms with Gasteiger partial charge in [-0.3, -0.25) is 0 Å². The molecule has 0 atom stereocenters. The number of para-hydroxylation sites is 2. The lowest BCUT2D eigenvalue weighted by Gasteiger charge is -2.47. The first-order chi connectivity index (χ1) is 23.1. The maximum absolute atomic E-state index is 5.08. The highest BCUT2D eigenvalue weighted by Gasteiger charge is 2.44. The monoisotopic (exact) mass is 602 g/mol. The molecule has 0 N–H and O–H groups in total. The van der Waals surface area contributed by atoms with Crippen LogP contribution in [0, 0.1) is 0 Å². The second-order valence-electron chi connectivity index (χ2n) is 12.9. The van der Waals surface area contributed by atoms with Gasteiger partial charge in [0.15, 0.2) is 17.5 Å². The molecule has 0 spiro atoms. The molecule has 4 nitrogen and oxygen atoms in total. The van der Waals surface area contributed by atoms with Gasteiger partial charge < -0.3 is 4.90 Å². The molecule has 0 fully saturated rings. The van der Waals surface area contributed by atoms with Gasteiger partial charge in [-0.05, 0) is 34.2 Å². The highest BCUT2D eigenvalue weighted by Crippen LogP contribution is 2.52. The number of nitrogens with zero attached hydrogens (tertiary/aromatic N) is 4. The summed E-state index contributed by atoms with van der Waals surface area (Å²) < 4.78 is 0. The quantitative estimate of drug-likeness (QED) is 0.193. The second kappa shape index (κ2) is 10.6. The van der Waals surface area contributed by atoms with E-state index >= 15 is 0 Å². The molecule has 0 saturated carbocycles. The zero-order valence-corrected chi connectivity index (χ0v) is 26.3. The summed E-state index contributed by atoms with van der Waals surface area (Å²) in [7, 11) is 0. The Morgan fingerprint density at radius 2 is 1.02 bits per heavy atom. The fourth-order valence-electron chi connectivity index (χ4n) is 7.49. The summed E-state index contributed by atoms with van der Waals surface area (Å²) in [5.74, 6) is 1.97. The van der Waals surface area contributed by atoms with Crippen LogP contribution < -0.4 is 21.3 Å². The van der Waals surface area contributed by atoms with E-state index in [2.05, 4.69) is 134 Å². The van der Waals surface area contributed by atoms with Gasteiger partial charge >= 0.3 is 0 Å². The van der Waals surface area contributed by atoms with E-state index in [4.69, 9.17) is 15.0 Å². The number of aromatic nitrogens is 3. The minimum atomic E-state index is -0.155. The standard InChI is InChI=1S/C42H31BN4/c1-42(2)32-21-12-13-24-36(32)47-37-27-30(25-26-34(37)43(31-19-10-5-11-20-31)35-23-14-22-33(42)38(35)47)41-45-39(28-15-6-3-7-16-28)44-40(46-41)29-17-8-4-9-18-29/h3-27H,1-2H3. The van der Waals surface area contributed by atoms with Crippen molar-refractivity contribution in [2.24, 2.45) is 0 Å². The Morgan fingerprint density at radius 1 is 0.468 bits per heavy atom. The fourth-order valence-corrected chi connectivity index (χ4v) is 7.49. The molecule has 222 valence electrons. The van der Waals surface area contributed by atoms with E-state index < -0.39 is 0 Å². The van der Waals surface area contributed by atoms with Crippen LogP contribution in [-0.4, -0.2) is 21.7 Å². The van der Waals surface area contributed by atoms with Gasteiger partial charge in [0, 0.05) is 33.5 Å². The molecule has 0 unspecified atom stereocenters. The van der Waals surface area contributed by atoms with Crippen LogP contribution in [0.25, 0.3) is 34.2 Å². The number of benzene rings is 6. The Bertz CT molecular complexity index is 2230. The Kier molecular flexibility index (Phi) is 6.22. The first kappa shape index (κ1) is 27.5. The van der Waals surface area contributed by atoms with E-state index in [9.17, 15) is 0 Å². The third-order valence-electron chi connectivity index (χ3n) is 9.77. The molecule has 6 aromatic carbocycles. The van der Waals surface area contributed by atoms with Crippen molar-refractivity contribution in [2.75, 3.05) is 4.90 Å². The molecule has 0 saturated heterocycles. The van der Waals surface area contributed by atoms with E-state index in [-0.39, 0.29) is 12.1 Å². The van der Waals surface area contributed by atoms with Crippen molar-refractivity contribution in [1.82, 2.24) is 15.0 Å². The van der Waals surface area contributed by atoms with Crippen molar-refractivity contribution < 1.29 is 0 Å². The van der Waals surface area contributed by atoms with Crippen molar-refractivity contribution in [3.8, 4) is 34.2 Å². The van der Waals surface area contributed by atoms with Crippen LogP contribution in [0.1, 0.15) is 25.0 Å². The molecule has 0 radical (unpaired) electrons. The Hall–Kier alpha value is -5.81. The van der Waals surface area contributed by atoms with Crippen LogP contribution in [0.4, 0.5) is 17.1 Å². The third kappa shape index (κ3) is 4.34. The normalized spacial score (nSPS) is 13.8. The van der Waals surface area contributed by atoms with Crippen molar-refractivity contribution in [3.63, 3.8) is 0 Å². The minimum absolute atomic E-state index is 0.0885. The van der Waals surface area contributed by atoms with E-state index in [0.717, 1.165) is 22.4 Å². The molecule has 0 aliphatic carbocycles. The summed E-state index contributed by atoms with van der Waals surface area (Å²) in [6, 6.07) is 53.7. The van der Waals surface area contributed by atoms with E-state index in [0.29, 0.717) is 17.5 Å². The molecule has 2 aliphatic heterocycles. The second-order valence-corrected chi connectivity index (χ2v) is 12.9. The fraction of sp³-hybridized carbons (Fsp3) is 0.0714. The molecule has 7 aromatic rings. The van der Waals surface area contributed by atoms with Crippen LogP contribution in [0.2, 0.25) is 0 Å². The summed E-state index contributed by atoms with van der Waals surface area (Å²) in [4.78, 5) is 17.6. The number of anilines is 3. The molecule has 1 aromatic heterocycles. The highest BCUT2D eigenvalue weighted by molar-refractivity contribution is 6.98. The molecule has 0 amide bonds. The van der Waals surface area contributed by atoms with Gasteiger partial charge in [0.1, 0.15) is 0 Å². The summed E-state index contributed by atoms with van der Waals surface area (Å²) in [6.45, 7) is 4.79. The van der Waals surface area contributed by atoms with Crippen molar-refractivity contribution >= 4 is 40.2 Å². The van der Waals surface area contributed by atoms with Crippen molar-refractivity contribution in [3.05, 3.63) is 163 Å². The van der Waals surface area contributed by atoms with Gasteiger partial charge in [-0.15, -0.1) is 0 Å². The molecule has 0 bridgehead atoms. The van der Waals surface area contributed by atoms with E-state index in [1.807, 2.05) is 36.4 Å². The summed E-state index contributed by atoms with van der Waals surface area (Å²) >= 11 is 0. The average Bonchev–Trinajstić information content (AvgIpc) is 3.14. The maximum Gasteiger partial charge on any atom is 0.246 e. The summed E-state index contributed by atoms with van der Waals surface area (Å²) in [5, 5.41) is 0. The molecule has 47 heavy (non-hydrogen) atoms. The Balaban J connectivity index is 1.31. The number of hydrogen-bond donors (Lipinski definition) is 0. The Labute approximate surface area is 275 Å². The van der Waals surface area contributed by atoms with E-state index in [1.165, 1.54) is 38.9 Å². The molecule has 3 heterocycles. The lowest BCUT2D eigenvalue weighted by Crippen LogP contribution is -2.58. The largest absolute Gasteiger partial charge is 0.311 e. The maximum atomic E-state index is 5.08. The molecule has 9 rings (SSSR count). The smallest absolute Gasteiger partial charge is 0.246 e. The van der Waals surface area contributed by atoms with Gasteiger partial charge in [-0.2, -0.15) is 0 Å². The van der Waals surface area contributed by atoms with Gasteiger partial charge in [0.25, 0.3) is 0 Å². The lowest BCUT2D eigenvalue weighted by atomic mass is 9.34. The first-order valence-electron chi connectivity index (χ1n) is 16.2. The van der Waals surface area contributed by atoms with Crippen LogP contribution >= 0.6 is 0 Å². The van der Waals surface area contributed by atoms with Crippen LogP contribution in [0.5, 0.6) is 0 Å². The summed E-state index contributed by atoms with van der Waals surface area (Å²) in [5.41, 5.74) is 12.9. The van der Waals surface area contributed by atoms with Crippen LogP contribution in [0.3, 0.4) is 0 Å². The minimum Gasteiger partial charge on any atom is -0.311 e. The molecular weight excluding hydrogens is 571 g/mol. The predicted molar refractivity (Wildman–Crippen MR) is 194 cm³/mol. The van der Waals surface area contributed by atoms with Gasteiger partial charge in [0.2, 0.25) is 6.71 Å². The molecule has 5 heteroatoms.